The fraction of sp³-hybridized carbons (Fsp3) is 0. The van der Waals surface area contributed by atoms with Gasteiger partial charge in [-0.2, -0.15) is 0 Å². The lowest BCUT2D eigenvalue weighted by atomic mass is 10.2. The normalized spacial score (nSPS) is 10.3. The molecule has 2 rings (SSSR count). The van der Waals surface area contributed by atoms with Gasteiger partial charge in [0.15, 0.2) is 0 Å². The molecule has 0 bridgehead atoms. The lowest BCUT2D eigenvalue weighted by molar-refractivity contribution is 0.102. The number of halogens is 4. The summed E-state index contributed by atoms with van der Waals surface area (Å²) < 4.78 is 26.9. The van der Waals surface area contributed by atoms with E-state index in [0.29, 0.717) is 4.47 Å². The van der Waals surface area contributed by atoms with Crippen molar-refractivity contribution in [3.8, 4) is 0 Å². The molecule has 0 aliphatic rings. The lowest BCUT2D eigenvalue weighted by Crippen LogP contribution is -2.14. The number of nitrogens with zero attached hydrogens (tertiary/aromatic N) is 1. The number of rotatable bonds is 2. The molecule has 0 aliphatic carbocycles. The summed E-state index contributed by atoms with van der Waals surface area (Å²) in [5.74, 6) is -2.08. The van der Waals surface area contributed by atoms with Crippen molar-refractivity contribution >= 4 is 39.1 Å². The molecule has 19 heavy (non-hydrogen) atoms. The largest absolute Gasteiger partial charge is 0.319 e. The Morgan fingerprint density at radius 1 is 1.32 bits per heavy atom. The number of aromatic nitrogens is 1. The summed E-state index contributed by atoms with van der Waals surface area (Å²) >= 11 is 8.91. The molecule has 1 amide bonds. The maximum absolute atomic E-state index is 13.4. The van der Waals surface area contributed by atoms with Crippen molar-refractivity contribution in [3.05, 3.63) is 57.3 Å². The van der Waals surface area contributed by atoms with Crippen LogP contribution in [0.5, 0.6) is 0 Å². The van der Waals surface area contributed by atoms with E-state index in [0.717, 1.165) is 18.2 Å². The fourth-order valence-corrected chi connectivity index (χ4v) is 1.89. The van der Waals surface area contributed by atoms with E-state index in [9.17, 15) is 13.6 Å². The minimum atomic E-state index is -0.742. The van der Waals surface area contributed by atoms with Crippen LogP contribution >= 0.6 is 27.5 Å². The van der Waals surface area contributed by atoms with E-state index in [1.165, 1.54) is 12.3 Å². The van der Waals surface area contributed by atoms with E-state index >= 15 is 0 Å². The summed E-state index contributed by atoms with van der Waals surface area (Å²) in [5, 5.41) is 2.21. The highest BCUT2D eigenvalue weighted by Crippen LogP contribution is 2.21. The Hall–Kier alpha value is -1.53. The zero-order chi connectivity index (χ0) is 14.0. The maximum atomic E-state index is 13.4. The van der Waals surface area contributed by atoms with E-state index in [1.807, 2.05) is 0 Å². The Balaban J connectivity index is 2.30. The highest BCUT2D eigenvalue weighted by Gasteiger charge is 2.14. The molecule has 3 nitrogen and oxygen atoms in total. The average Bonchev–Trinajstić information content (AvgIpc) is 2.36. The van der Waals surface area contributed by atoms with Gasteiger partial charge in [-0.1, -0.05) is 11.6 Å². The second-order valence-electron chi connectivity index (χ2n) is 3.57. The highest BCUT2D eigenvalue weighted by atomic mass is 79.9. The van der Waals surface area contributed by atoms with E-state index < -0.39 is 17.5 Å². The number of pyridine rings is 1. The minimum Gasteiger partial charge on any atom is -0.319 e. The predicted molar refractivity (Wildman–Crippen MR) is 71.3 cm³/mol. The van der Waals surface area contributed by atoms with Crippen molar-refractivity contribution in [3.63, 3.8) is 0 Å². The quantitative estimate of drug-likeness (QED) is 0.834. The van der Waals surface area contributed by atoms with Crippen molar-refractivity contribution in [2.45, 2.75) is 0 Å². The predicted octanol–water partition coefficient (Wildman–Crippen LogP) is 4.03. The minimum absolute atomic E-state index is 0.0301. The molecule has 0 atom stereocenters. The highest BCUT2D eigenvalue weighted by molar-refractivity contribution is 9.10. The van der Waals surface area contributed by atoms with Gasteiger partial charge < -0.3 is 5.32 Å². The number of hydrogen-bond donors (Lipinski definition) is 1. The topological polar surface area (TPSA) is 42.0 Å². The Labute approximate surface area is 120 Å². The first kappa shape index (κ1) is 13.9. The Kier molecular flexibility index (Phi) is 4.11. The standard InChI is InChI=1S/C12H6BrClF2N2O/c13-6-3-8(11(14)17-5-6)12(19)18-10-4-7(15)1-2-9(10)16/h1-5H,(H,18,19). The summed E-state index contributed by atoms with van der Waals surface area (Å²) in [5.41, 5.74) is -0.208. The third-order valence-electron chi connectivity index (χ3n) is 2.23. The lowest BCUT2D eigenvalue weighted by Gasteiger charge is -2.07. The van der Waals surface area contributed by atoms with Crippen LogP contribution in [0.25, 0.3) is 0 Å². The van der Waals surface area contributed by atoms with E-state index in [4.69, 9.17) is 11.6 Å². The molecular weight excluding hydrogens is 341 g/mol. The van der Waals surface area contributed by atoms with Gasteiger partial charge in [0.05, 0.1) is 11.3 Å². The Morgan fingerprint density at radius 3 is 2.79 bits per heavy atom. The number of benzene rings is 1. The first-order valence-electron chi connectivity index (χ1n) is 5.05. The van der Waals surface area contributed by atoms with Crippen molar-refractivity contribution in [1.29, 1.82) is 0 Å². The first-order chi connectivity index (χ1) is 8.97. The summed E-state index contributed by atoms with van der Waals surface area (Å²) in [6.07, 6.45) is 1.42. The van der Waals surface area contributed by atoms with Crippen molar-refractivity contribution in [2.24, 2.45) is 0 Å². The molecule has 1 heterocycles. The average molecular weight is 348 g/mol. The number of carbonyl (C=O) groups is 1. The molecule has 0 fully saturated rings. The molecule has 2 aromatic rings. The third kappa shape index (κ3) is 3.27. The van der Waals surface area contributed by atoms with Gasteiger partial charge in [-0.05, 0) is 34.1 Å². The molecule has 1 aromatic heterocycles. The summed E-state index contributed by atoms with van der Waals surface area (Å²) in [4.78, 5) is 15.7. The summed E-state index contributed by atoms with van der Waals surface area (Å²) in [7, 11) is 0. The molecule has 98 valence electrons. The van der Waals surface area contributed by atoms with Gasteiger partial charge in [0.1, 0.15) is 16.8 Å². The Morgan fingerprint density at radius 2 is 2.05 bits per heavy atom. The van der Waals surface area contributed by atoms with Gasteiger partial charge in [0, 0.05) is 16.7 Å². The van der Waals surface area contributed by atoms with Crippen LogP contribution in [0, 0.1) is 11.6 Å². The molecule has 7 heteroatoms. The molecule has 0 aliphatic heterocycles. The third-order valence-corrected chi connectivity index (χ3v) is 2.96. The SMILES string of the molecule is O=C(Nc1cc(F)ccc1F)c1cc(Br)cnc1Cl. The molecule has 1 aromatic carbocycles. The molecular formula is C12H6BrClF2N2O. The first-order valence-corrected chi connectivity index (χ1v) is 6.22. The summed E-state index contributed by atoms with van der Waals surface area (Å²) in [6, 6.07) is 4.19. The van der Waals surface area contributed by atoms with Gasteiger partial charge in [-0.25, -0.2) is 13.8 Å². The van der Waals surface area contributed by atoms with Crippen LogP contribution in [0.15, 0.2) is 34.9 Å². The molecule has 1 N–H and O–H groups in total. The van der Waals surface area contributed by atoms with Crippen LogP contribution in [-0.2, 0) is 0 Å². The zero-order valence-electron chi connectivity index (χ0n) is 9.25. The number of hydrogen-bond acceptors (Lipinski definition) is 2. The van der Waals surface area contributed by atoms with Gasteiger partial charge >= 0.3 is 0 Å². The van der Waals surface area contributed by atoms with Crippen molar-refractivity contribution in [2.75, 3.05) is 5.32 Å². The van der Waals surface area contributed by atoms with Crippen LogP contribution in [0.4, 0.5) is 14.5 Å². The second kappa shape index (κ2) is 5.63. The number of carbonyl (C=O) groups excluding carboxylic acids is 1. The van der Waals surface area contributed by atoms with Crippen LogP contribution in [0.3, 0.4) is 0 Å². The fourth-order valence-electron chi connectivity index (χ4n) is 1.36. The zero-order valence-corrected chi connectivity index (χ0v) is 11.6. The van der Waals surface area contributed by atoms with Crippen LogP contribution < -0.4 is 5.32 Å². The smallest absolute Gasteiger partial charge is 0.258 e. The monoisotopic (exact) mass is 346 g/mol. The van der Waals surface area contributed by atoms with Gasteiger partial charge in [-0.3, -0.25) is 4.79 Å². The molecule has 0 saturated carbocycles. The van der Waals surface area contributed by atoms with E-state index in [1.54, 1.807) is 0 Å². The second-order valence-corrected chi connectivity index (χ2v) is 4.84. The van der Waals surface area contributed by atoms with Crippen LogP contribution in [0.2, 0.25) is 5.15 Å². The van der Waals surface area contributed by atoms with Crippen LogP contribution in [-0.4, -0.2) is 10.9 Å². The number of nitrogens with one attached hydrogen (secondary N) is 1. The molecule has 0 saturated heterocycles. The molecule has 0 spiro atoms. The number of anilines is 1. The van der Waals surface area contributed by atoms with Gasteiger partial charge in [-0.15, -0.1) is 0 Å². The summed E-state index contributed by atoms with van der Waals surface area (Å²) in [6.45, 7) is 0. The Bertz CT molecular complexity index is 652. The van der Waals surface area contributed by atoms with Gasteiger partial charge in [0.2, 0.25) is 0 Å². The van der Waals surface area contributed by atoms with Crippen molar-refractivity contribution in [1.82, 2.24) is 4.98 Å². The molecule has 0 unspecified atom stereocenters. The van der Waals surface area contributed by atoms with E-state index in [-0.39, 0.29) is 16.4 Å². The van der Waals surface area contributed by atoms with Gasteiger partial charge in [0.25, 0.3) is 5.91 Å². The maximum Gasteiger partial charge on any atom is 0.258 e. The number of amides is 1. The van der Waals surface area contributed by atoms with Crippen LogP contribution in [0.1, 0.15) is 10.4 Å². The van der Waals surface area contributed by atoms with Crippen molar-refractivity contribution < 1.29 is 13.6 Å². The van der Waals surface area contributed by atoms with E-state index in [2.05, 4.69) is 26.2 Å². The molecule has 0 radical (unpaired) electrons.